The number of aromatic amines is 1. The number of fused-ring (bicyclic) bond motifs is 1. The third-order valence-corrected chi connectivity index (χ3v) is 2.81. The van der Waals surface area contributed by atoms with Crippen molar-refractivity contribution in [3.8, 4) is 0 Å². The van der Waals surface area contributed by atoms with Crippen LogP contribution in [0.25, 0.3) is 10.9 Å². The van der Waals surface area contributed by atoms with Crippen LogP contribution >= 0.6 is 0 Å². The Balaban J connectivity index is 2.19. The van der Waals surface area contributed by atoms with Crippen molar-refractivity contribution in [1.29, 1.82) is 0 Å². The van der Waals surface area contributed by atoms with Gasteiger partial charge in [-0.25, -0.2) is 0 Å². The van der Waals surface area contributed by atoms with Crippen LogP contribution in [0.4, 0.5) is 0 Å². The molecule has 0 saturated carbocycles. The van der Waals surface area contributed by atoms with E-state index in [1.807, 2.05) is 24.4 Å². The summed E-state index contributed by atoms with van der Waals surface area (Å²) in [4.78, 5) is 27.8. The third kappa shape index (κ3) is 2.34. The van der Waals surface area contributed by atoms with Gasteiger partial charge in [-0.05, 0) is 24.3 Å². The average molecular weight is 245 g/mol. The molecule has 0 aliphatic heterocycles. The topological polar surface area (TPSA) is 65.2 Å². The average Bonchev–Trinajstić information content (AvgIpc) is 2.84. The molecule has 2 amide bonds. The first-order chi connectivity index (χ1) is 8.61. The fourth-order valence-electron chi connectivity index (χ4n) is 1.77. The molecule has 0 bridgehead atoms. The van der Waals surface area contributed by atoms with Crippen LogP contribution in [0, 0.1) is 0 Å². The molecule has 2 N–H and O–H groups in total. The molecule has 0 unspecified atom stereocenters. The number of likely N-dealkylation sites (N-methyl/N-ethyl adjacent to an activating group) is 2. The summed E-state index contributed by atoms with van der Waals surface area (Å²) >= 11 is 0. The molecule has 94 valence electrons. The van der Waals surface area contributed by atoms with Crippen molar-refractivity contribution in [2.24, 2.45) is 0 Å². The molecule has 5 heteroatoms. The molecule has 0 saturated heterocycles. The summed E-state index contributed by atoms with van der Waals surface area (Å²) in [5, 5.41) is 3.47. The van der Waals surface area contributed by atoms with Crippen molar-refractivity contribution in [2.75, 3.05) is 20.6 Å². The van der Waals surface area contributed by atoms with Crippen LogP contribution in [0.1, 0.15) is 10.4 Å². The van der Waals surface area contributed by atoms with Crippen molar-refractivity contribution in [2.45, 2.75) is 0 Å². The van der Waals surface area contributed by atoms with Crippen molar-refractivity contribution in [3.05, 3.63) is 36.0 Å². The molecule has 1 aromatic carbocycles. The monoisotopic (exact) mass is 245 g/mol. The molecule has 1 aromatic heterocycles. The van der Waals surface area contributed by atoms with Crippen LogP contribution in [-0.4, -0.2) is 42.3 Å². The van der Waals surface area contributed by atoms with E-state index in [0.29, 0.717) is 5.56 Å². The Kier molecular flexibility index (Phi) is 3.32. The Labute approximate surface area is 105 Å². The van der Waals surface area contributed by atoms with E-state index in [2.05, 4.69) is 10.3 Å². The second-order valence-corrected chi connectivity index (χ2v) is 4.11. The standard InChI is InChI=1S/C13H15N3O2/c1-14-12(17)8-16(2)13(18)10-3-4-11-9(7-10)5-6-15-11/h3-7,15H,8H2,1-2H3,(H,14,17). The Morgan fingerprint density at radius 1 is 1.33 bits per heavy atom. The molecule has 2 aromatic rings. The van der Waals surface area contributed by atoms with Gasteiger partial charge in [-0.3, -0.25) is 9.59 Å². The van der Waals surface area contributed by atoms with Gasteiger partial charge in [0.05, 0.1) is 6.54 Å². The lowest BCUT2D eigenvalue weighted by Gasteiger charge is -2.16. The summed E-state index contributed by atoms with van der Waals surface area (Å²) in [5.74, 6) is -0.352. The van der Waals surface area contributed by atoms with E-state index >= 15 is 0 Å². The highest BCUT2D eigenvalue weighted by Gasteiger charge is 2.14. The summed E-state index contributed by atoms with van der Waals surface area (Å²) in [5.41, 5.74) is 1.56. The van der Waals surface area contributed by atoms with Crippen LogP contribution in [-0.2, 0) is 4.79 Å². The lowest BCUT2D eigenvalue weighted by Crippen LogP contribution is -2.36. The fraction of sp³-hybridized carbons (Fsp3) is 0.231. The predicted molar refractivity (Wildman–Crippen MR) is 69.3 cm³/mol. The molecule has 5 nitrogen and oxygen atoms in total. The van der Waals surface area contributed by atoms with E-state index in [9.17, 15) is 9.59 Å². The number of rotatable bonds is 3. The van der Waals surface area contributed by atoms with E-state index < -0.39 is 0 Å². The minimum Gasteiger partial charge on any atom is -0.361 e. The quantitative estimate of drug-likeness (QED) is 0.846. The molecule has 1 heterocycles. The zero-order valence-electron chi connectivity index (χ0n) is 10.4. The molecule has 0 aliphatic rings. The summed E-state index contributed by atoms with van der Waals surface area (Å²) in [6.45, 7) is 0.0561. The van der Waals surface area contributed by atoms with E-state index in [1.165, 1.54) is 4.90 Å². The second-order valence-electron chi connectivity index (χ2n) is 4.11. The molecule has 0 radical (unpaired) electrons. The van der Waals surface area contributed by atoms with E-state index in [4.69, 9.17) is 0 Å². The van der Waals surface area contributed by atoms with Crippen LogP contribution in [0.5, 0.6) is 0 Å². The molecule has 0 fully saturated rings. The van der Waals surface area contributed by atoms with E-state index in [0.717, 1.165) is 10.9 Å². The number of hydrogen-bond donors (Lipinski definition) is 2. The Bertz CT molecular complexity index is 589. The molecule has 2 rings (SSSR count). The summed E-state index contributed by atoms with van der Waals surface area (Å²) in [6.07, 6.45) is 1.83. The molecule has 0 aliphatic carbocycles. The Hall–Kier alpha value is -2.30. The molecule has 18 heavy (non-hydrogen) atoms. The summed E-state index contributed by atoms with van der Waals surface area (Å²) in [7, 11) is 3.16. The highest BCUT2D eigenvalue weighted by Crippen LogP contribution is 2.15. The number of carbonyl (C=O) groups excluding carboxylic acids is 2. The minimum absolute atomic E-state index is 0.0561. The van der Waals surface area contributed by atoms with Gasteiger partial charge in [0.25, 0.3) is 5.91 Å². The molecule has 0 spiro atoms. The third-order valence-electron chi connectivity index (χ3n) is 2.81. The first-order valence-electron chi connectivity index (χ1n) is 5.65. The number of nitrogens with one attached hydrogen (secondary N) is 2. The number of H-pyrrole nitrogens is 1. The van der Waals surface area contributed by atoms with Crippen molar-refractivity contribution in [3.63, 3.8) is 0 Å². The SMILES string of the molecule is CNC(=O)CN(C)C(=O)c1ccc2[nH]ccc2c1. The van der Waals surface area contributed by atoms with Gasteiger partial charge in [-0.1, -0.05) is 0 Å². The van der Waals surface area contributed by atoms with Gasteiger partial charge >= 0.3 is 0 Å². The number of nitrogens with zero attached hydrogens (tertiary/aromatic N) is 1. The van der Waals surface area contributed by atoms with Crippen LogP contribution in [0.3, 0.4) is 0 Å². The summed E-state index contributed by atoms with van der Waals surface area (Å²) in [6, 6.07) is 7.33. The summed E-state index contributed by atoms with van der Waals surface area (Å²) < 4.78 is 0. The second kappa shape index (κ2) is 4.91. The lowest BCUT2D eigenvalue weighted by molar-refractivity contribution is -0.121. The van der Waals surface area contributed by atoms with E-state index in [-0.39, 0.29) is 18.4 Å². The minimum atomic E-state index is -0.187. The highest BCUT2D eigenvalue weighted by molar-refractivity contribution is 5.99. The Morgan fingerprint density at radius 3 is 2.83 bits per heavy atom. The fourth-order valence-corrected chi connectivity index (χ4v) is 1.77. The van der Waals surface area contributed by atoms with Gasteiger partial charge in [-0.15, -0.1) is 0 Å². The number of aromatic nitrogens is 1. The van der Waals surface area contributed by atoms with Crippen molar-refractivity contribution < 1.29 is 9.59 Å². The van der Waals surface area contributed by atoms with Gasteiger partial charge in [-0.2, -0.15) is 0 Å². The van der Waals surface area contributed by atoms with Crippen molar-refractivity contribution in [1.82, 2.24) is 15.2 Å². The number of amides is 2. The maximum Gasteiger partial charge on any atom is 0.254 e. The highest BCUT2D eigenvalue weighted by atomic mass is 16.2. The van der Waals surface area contributed by atoms with Crippen LogP contribution < -0.4 is 5.32 Å². The predicted octanol–water partition coefficient (Wildman–Crippen LogP) is 0.986. The van der Waals surface area contributed by atoms with Gasteiger partial charge in [0.1, 0.15) is 0 Å². The number of hydrogen-bond acceptors (Lipinski definition) is 2. The zero-order chi connectivity index (χ0) is 13.1. The zero-order valence-corrected chi connectivity index (χ0v) is 10.4. The molecular weight excluding hydrogens is 230 g/mol. The van der Waals surface area contributed by atoms with Gasteiger partial charge in [0.15, 0.2) is 0 Å². The van der Waals surface area contributed by atoms with Crippen molar-refractivity contribution >= 4 is 22.7 Å². The normalized spacial score (nSPS) is 10.3. The smallest absolute Gasteiger partial charge is 0.254 e. The first kappa shape index (κ1) is 12.2. The Morgan fingerprint density at radius 2 is 2.11 bits per heavy atom. The maximum atomic E-state index is 12.1. The van der Waals surface area contributed by atoms with E-state index in [1.54, 1.807) is 20.2 Å². The van der Waals surface area contributed by atoms with Crippen LogP contribution in [0.15, 0.2) is 30.5 Å². The number of benzene rings is 1. The van der Waals surface area contributed by atoms with Gasteiger partial charge < -0.3 is 15.2 Å². The molecule has 0 atom stereocenters. The van der Waals surface area contributed by atoms with Gasteiger partial charge in [0, 0.05) is 36.8 Å². The molecular formula is C13H15N3O2. The maximum absolute atomic E-state index is 12.1. The largest absolute Gasteiger partial charge is 0.361 e. The van der Waals surface area contributed by atoms with Crippen LogP contribution in [0.2, 0.25) is 0 Å². The first-order valence-corrected chi connectivity index (χ1v) is 5.65. The lowest BCUT2D eigenvalue weighted by atomic mass is 10.1. The number of carbonyl (C=O) groups is 2. The van der Waals surface area contributed by atoms with Gasteiger partial charge in [0.2, 0.25) is 5.91 Å².